The lowest BCUT2D eigenvalue weighted by atomic mass is 10.0. The number of nitrogens with one attached hydrogen (secondary N) is 1. The van der Waals surface area contributed by atoms with Crippen molar-refractivity contribution >= 4 is 0 Å². The molecule has 2 N–H and O–H groups in total. The van der Waals surface area contributed by atoms with E-state index in [4.69, 9.17) is 4.74 Å². The Labute approximate surface area is 123 Å². The van der Waals surface area contributed by atoms with Crippen molar-refractivity contribution in [1.29, 1.82) is 0 Å². The van der Waals surface area contributed by atoms with Crippen molar-refractivity contribution < 1.29 is 9.84 Å². The summed E-state index contributed by atoms with van der Waals surface area (Å²) in [5.41, 5.74) is 0.905. The van der Waals surface area contributed by atoms with Crippen molar-refractivity contribution in [1.82, 2.24) is 5.32 Å². The average molecular weight is 279 g/mol. The molecule has 1 aromatic rings. The Balaban J connectivity index is 2.74. The van der Waals surface area contributed by atoms with Gasteiger partial charge in [0.2, 0.25) is 0 Å². The van der Waals surface area contributed by atoms with Crippen LogP contribution < -0.4 is 10.1 Å². The van der Waals surface area contributed by atoms with Gasteiger partial charge in [0.15, 0.2) is 0 Å². The zero-order valence-corrected chi connectivity index (χ0v) is 13.3. The van der Waals surface area contributed by atoms with E-state index < -0.39 is 0 Å². The highest BCUT2D eigenvalue weighted by Crippen LogP contribution is 2.29. The number of hydrogen-bond donors (Lipinski definition) is 2. The Bertz CT molecular complexity index is 393. The molecule has 0 aromatic heterocycles. The molecule has 2 atom stereocenters. The van der Waals surface area contributed by atoms with Gasteiger partial charge < -0.3 is 15.2 Å². The molecule has 0 saturated heterocycles. The molecule has 0 aliphatic rings. The van der Waals surface area contributed by atoms with E-state index in [1.54, 1.807) is 19.2 Å². The fourth-order valence-corrected chi connectivity index (χ4v) is 2.56. The molecule has 1 aromatic carbocycles. The lowest BCUT2D eigenvalue weighted by molar-refractivity contribution is 0.380. The van der Waals surface area contributed by atoms with E-state index in [1.807, 2.05) is 6.07 Å². The van der Waals surface area contributed by atoms with Crippen LogP contribution in [0.5, 0.6) is 11.5 Å². The van der Waals surface area contributed by atoms with Gasteiger partial charge in [-0.3, -0.25) is 0 Å². The summed E-state index contributed by atoms with van der Waals surface area (Å²) in [7, 11) is 1.65. The molecule has 0 radical (unpaired) electrons. The van der Waals surface area contributed by atoms with E-state index in [0.29, 0.717) is 11.8 Å². The van der Waals surface area contributed by atoms with E-state index in [0.717, 1.165) is 11.3 Å². The average Bonchev–Trinajstić information content (AvgIpc) is 2.45. The summed E-state index contributed by atoms with van der Waals surface area (Å²) in [5, 5.41) is 13.7. The first-order chi connectivity index (χ1) is 9.62. The van der Waals surface area contributed by atoms with E-state index in [9.17, 15) is 5.11 Å². The van der Waals surface area contributed by atoms with Crippen molar-refractivity contribution in [2.45, 2.75) is 65.0 Å². The number of ether oxygens (including phenoxy) is 1. The van der Waals surface area contributed by atoms with Crippen molar-refractivity contribution in [3.63, 3.8) is 0 Å². The molecule has 2 unspecified atom stereocenters. The van der Waals surface area contributed by atoms with E-state index in [-0.39, 0.29) is 6.04 Å². The molecule has 20 heavy (non-hydrogen) atoms. The van der Waals surface area contributed by atoms with Crippen LogP contribution in [0.4, 0.5) is 0 Å². The van der Waals surface area contributed by atoms with Crippen LogP contribution in [0.1, 0.15) is 64.5 Å². The first-order valence-corrected chi connectivity index (χ1v) is 7.75. The number of benzene rings is 1. The second kappa shape index (κ2) is 8.85. The first kappa shape index (κ1) is 16.8. The summed E-state index contributed by atoms with van der Waals surface area (Å²) in [6.45, 7) is 6.54. The maximum Gasteiger partial charge on any atom is 0.120 e. The molecule has 3 nitrogen and oxygen atoms in total. The number of unbranched alkanes of at least 4 members (excludes halogenated alkanes) is 1. The van der Waals surface area contributed by atoms with Crippen LogP contribution in [-0.2, 0) is 0 Å². The molecular weight excluding hydrogens is 250 g/mol. The highest BCUT2D eigenvalue weighted by atomic mass is 16.5. The minimum Gasteiger partial charge on any atom is -0.508 e. The third-order valence-corrected chi connectivity index (χ3v) is 3.73. The molecule has 0 amide bonds. The minimum absolute atomic E-state index is 0.124. The Morgan fingerprint density at radius 3 is 2.55 bits per heavy atom. The van der Waals surface area contributed by atoms with Crippen molar-refractivity contribution in [3.05, 3.63) is 23.8 Å². The van der Waals surface area contributed by atoms with Crippen LogP contribution in [0.15, 0.2) is 18.2 Å². The fraction of sp³-hybridized carbons (Fsp3) is 0.647. The van der Waals surface area contributed by atoms with Crippen LogP contribution >= 0.6 is 0 Å². The number of phenols is 1. The van der Waals surface area contributed by atoms with E-state index in [1.165, 1.54) is 32.1 Å². The topological polar surface area (TPSA) is 41.5 Å². The Morgan fingerprint density at radius 2 is 1.95 bits per heavy atom. The summed E-state index contributed by atoms with van der Waals surface area (Å²) < 4.78 is 5.24. The molecule has 114 valence electrons. The Morgan fingerprint density at radius 1 is 1.20 bits per heavy atom. The highest BCUT2D eigenvalue weighted by Gasteiger charge is 2.16. The zero-order chi connectivity index (χ0) is 15.0. The normalized spacial score (nSPS) is 14.0. The molecule has 1 rings (SSSR count). The standard InChI is InChI=1S/C17H29NO2/c1-5-7-9-14(8-6-2)18-13(3)16-12-15(20-4)10-11-17(16)19/h10-14,18-19H,5-9H2,1-4H3. The van der Waals surface area contributed by atoms with Crippen LogP contribution in [0.3, 0.4) is 0 Å². The van der Waals surface area contributed by atoms with Gasteiger partial charge in [0.05, 0.1) is 7.11 Å². The molecule has 0 aliphatic carbocycles. The largest absolute Gasteiger partial charge is 0.508 e. The second-order valence-electron chi connectivity index (χ2n) is 5.44. The lowest BCUT2D eigenvalue weighted by Crippen LogP contribution is -2.31. The van der Waals surface area contributed by atoms with Gasteiger partial charge in [0, 0.05) is 17.6 Å². The summed E-state index contributed by atoms with van der Waals surface area (Å²) in [6.07, 6.45) is 6.02. The number of rotatable bonds is 9. The van der Waals surface area contributed by atoms with Gasteiger partial charge in [-0.15, -0.1) is 0 Å². The molecule has 0 spiro atoms. The number of methoxy groups -OCH3 is 1. The lowest BCUT2D eigenvalue weighted by Gasteiger charge is -2.24. The fourth-order valence-electron chi connectivity index (χ4n) is 2.56. The molecule has 0 bridgehead atoms. The summed E-state index contributed by atoms with van der Waals surface area (Å²) >= 11 is 0. The predicted octanol–water partition coefficient (Wildman–Crippen LogP) is 4.41. The predicted molar refractivity (Wildman–Crippen MR) is 84.4 cm³/mol. The van der Waals surface area contributed by atoms with Crippen molar-refractivity contribution in [3.8, 4) is 11.5 Å². The highest BCUT2D eigenvalue weighted by molar-refractivity contribution is 5.41. The van der Waals surface area contributed by atoms with Crippen LogP contribution in [-0.4, -0.2) is 18.3 Å². The minimum atomic E-state index is 0.124. The quantitative estimate of drug-likeness (QED) is 0.703. The van der Waals surface area contributed by atoms with Gasteiger partial charge in [0.1, 0.15) is 11.5 Å². The Hall–Kier alpha value is -1.22. The Kier molecular flexibility index (Phi) is 7.45. The molecule has 0 saturated carbocycles. The van der Waals surface area contributed by atoms with Crippen LogP contribution in [0.2, 0.25) is 0 Å². The number of aromatic hydroxyl groups is 1. The summed E-state index contributed by atoms with van der Waals surface area (Å²) in [5.74, 6) is 1.11. The number of phenolic OH excluding ortho intramolecular Hbond substituents is 1. The first-order valence-electron chi connectivity index (χ1n) is 7.75. The van der Waals surface area contributed by atoms with Gasteiger partial charge in [0.25, 0.3) is 0 Å². The number of hydrogen-bond acceptors (Lipinski definition) is 3. The molecular formula is C17H29NO2. The van der Waals surface area contributed by atoms with Crippen LogP contribution in [0.25, 0.3) is 0 Å². The molecule has 0 fully saturated rings. The van der Waals surface area contributed by atoms with Crippen LogP contribution in [0, 0.1) is 0 Å². The van der Waals surface area contributed by atoms with Gasteiger partial charge in [-0.1, -0.05) is 33.1 Å². The van der Waals surface area contributed by atoms with E-state index >= 15 is 0 Å². The SMILES string of the molecule is CCCCC(CCC)NC(C)c1cc(OC)ccc1O. The third kappa shape index (κ3) is 5.04. The molecule has 0 heterocycles. The van der Waals surface area contributed by atoms with Crippen molar-refractivity contribution in [2.24, 2.45) is 0 Å². The zero-order valence-electron chi connectivity index (χ0n) is 13.3. The smallest absolute Gasteiger partial charge is 0.120 e. The third-order valence-electron chi connectivity index (χ3n) is 3.73. The summed E-state index contributed by atoms with van der Waals surface area (Å²) in [6, 6.07) is 6.04. The van der Waals surface area contributed by atoms with Gasteiger partial charge in [-0.25, -0.2) is 0 Å². The maximum atomic E-state index is 10.0. The molecule has 3 heteroatoms. The van der Waals surface area contributed by atoms with Gasteiger partial charge in [-0.2, -0.15) is 0 Å². The van der Waals surface area contributed by atoms with Crippen molar-refractivity contribution in [2.75, 3.05) is 7.11 Å². The van der Waals surface area contributed by atoms with E-state index in [2.05, 4.69) is 26.1 Å². The van der Waals surface area contributed by atoms with Gasteiger partial charge >= 0.3 is 0 Å². The maximum absolute atomic E-state index is 10.0. The summed E-state index contributed by atoms with van der Waals surface area (Å²) in [4.78, 5) is 0. The monoisotopic (exact) mass is 279 g/mol. The van der Waals surface area contributed by atoms with Gasteiger partial charge in [-0.05, 0) is 38.0 Å². The molecule has 0 aliphatic heterocycles. The second-order valence-corrected chi connectivity index (χ2v) is 5.44.